The van der Waals surface area contributed by atoms with Crippen LogP contribution in [0.1, 0.15) is 41.4 Å². The molecule has 1 amide bonds. The molecule has 0 aliphatic carbocycles. The second-order valence-corrected chi connectivity index (χ2v) is 8.83. The smallest absolute Gasteiger partial charge is 0.251 e. The normalized spacial score (nSPS) is 23.2. The summed E-state index contributed by atoms with van der Waals surface area (Å²) >= 11 is 1.60. The Morgan fingerprint density at radius 1 is 1.30 bits per heavy atom. The van der Waals surface area contributed by atoms with Gasteiger partial charge in [-0.1, -0.05) is 6.07 Å². The second-order valence-electron chi connectivity index (χ2n) is 8.05. The van der Waals surface area contributed by atoms with Crippen LogP contribution in [-0.2, 0) is 17.9 Å². The van der Waals surface area contributed by atoms with Crippen LogP contribution < -0.4 is 10.9 Å². The van der Waals surface area contributed by atoms with Crippen molar-refractivity contribution in [2.24, 2.45) is 5.92 Å². The maximum atomic E-state index is 13.2. The monoisotopic (exact) mass is 425 g/mol. The van der Waals surface area contributed by atoms with E-state index >= 15 is 0 Å². The lowest BCUT2D eigenvalue weighted by atomic mass is 9.78. The number of fused-ring (bicyclic) bond motifs is 4. The first-order valence-corrected chi connectivity index (χ1v) is 11.0. The van der Waals surface area contributed by atoms with Crippen LogP contribution in [0.5, 0.6) is 0 Å². The van der Waals surface area contributed by atoms with Gasteiger partial charge in [0.15, 0.2) is 0 Å². The average molecular weight is 426 g/mol. The fourth-order valence-corrected chi connectivity index (χ4v) is 5.44. The molecule has 2 aliphatic heterocycles. The van der Waals surface area contributed by atoms with Crippen LogP contribution in [0.25, 0.3) is 0 Å². The molecule has 30 heavy (non-hydrogen) atoms. The van der Waals surface area contributed by atoms with Gasteiger partial charge in [0, 0.05) is 50.2 Å². The molecule has 2 aliphatic rings. The van der Waals surface area contributed by atoms with Crippen LogP contribution in [-0.4, -0.2) is 38.7 Å². The molecule has 8 nitrogen and oxygen atoms in total. The van der Waals surface area contributed by atoms with E-state index in [1.165, 1.54) is 0 Å². The Kier molecular flexibility index (Phi) is 5.00. The molecule has 2 bridgehead atoms. The van der Waals surface area contributed by atoms with Crippen LogP contribution in [0.3, 0.4) is 0 Å². The van der Waals surface area contributed by atoms with Gasteiger partial charge in [0.05, 0.1) is 6.54 Å². The molecule has 3 aromatic heterocycles. The number of pyridine rings is 1. The van der Waals surface area contributed by atoms with E-state index in [1.54, 1.807) is 35.0 Å². The zero-order valence-corrected chi connectivity index (χ0v) is 17.5. The number of amides is 1. The first-order valence-electron chi connectivity index (χ1n) is 10.1. The first-order chi connectivity index (χ1) is 14.6. The Hall–Kier alpha value is -2.78. The number of carbonyl (C=O) groups excluding carboxylic acids is 1. The number of nitrogens with zero attached hydrogens (tertiary/aromatic N) is 4. The summed E-state index contributed by atoms with van der Waals surface area (Å²) < 4.78 is 7.27. The number of rotatable bonds is 5. The highest BCUT2D eigenvalue weighted by atomic mass is 32.1. The van der Waals surface area contributed by atoms with Crippen LogP contribution in [0.15, 0.2) is 44.2 Å². The number of aromatic nitrogens is 3. The minimum Gasteiger partial charge on any atom is -0.424 e. The summed E-state index contributed by atoms with van der Waals surface area (Å²) in [6, 6.07) is 6.78. The summed E-state index contributed by atoms with van der Waals surface area (Å²) in [6.45, 7) is 4.29. The summed E-state index contributed by atoms with van der Waals surface area (Å²) in [5.41, 5.74) is 1.89. The molecule has 9 heteroatoms. The number of aryl methyl sites for hydroxylation is 1. The average Bonchev–Trinajstić information content (AvgIpc) is 3.39. The summed E-state index contributed by atoms with van der Waals surface area (Å²) in [4.78, 5) is 28.3. The lowest BCUT2D eigenvalue weighted by molar-refractivity contribution is -0.128. The van der Waals surface area contributed by atoms with Crippen molar-refractivity contribution in [2.75, 3.05) is 13.1 Å². The van der Waals surface area contributed by atoms with Crippen LogP contribution >= 0.6 is 11.3 Å². The molecule has 1 N–H and O–H groups in total. The molecule has 0 aromatic carbocycles. The third-order valence-electron chi connectivity index (χ3n) is 5.97. The Labute approximate surface area is 177 Å². The van der Waals surface area contributed by atoms with Gasteiger partial charge in [-0.15, -0.1) is 10.2 Å². The van der Waals surface area contributed by atoms with Crippen LogP contribution in [0.4, 0.5) is 0 Å². The number of carbonyl (C=O) groups is 1. The van der Waals surface area contributed by atoms with E-state index in [1.807, 2.05) is 22.9 Å². The van der Waals surface area contributed by atoms with E-state index < -0.39 is 6.04 Å². The van der Waals surface area contributed by atoms with E-state index in [0.717, 1.165) is 24.2 Å². The lowest BCUT2D eigenvalue weighted by Gasteiger charge is -2.46. The van der Waals surface area contributed by atoms with Gasteiger partial charge in [-0.05, 0) is 34.9 Å². The third kappa shape index (κ3) is 3.59. The van der Waals surface area contributed by atoms with Crippen molar-refractivity contribution < 1.29 is 9.21 Å². The van der Waals surface area contributed by atoms with E-state index in [0.29, 0.717) is 31.4 Å². The molecule has 1 fully saturated rings. The Balaban J connectivity index is 1.43. The maximum Gasteiger partial charge on any atom is 0.251 e. The number of hydrogen-bond donors (Lipinski definition) is 1. The molecule has 3 aromatic rings. The van der Waals surface area contributed by atoms with E-state index in [2.05, 4.69) is 20.4 Å². The van der Waals surface area contributed by atoms with Gasteiger partial charge >= 0.3 is 0 Å². The van der Waals surface area contributed by atoms with Crippen molar-refractivity contribution in [1.82, 2.24) is 25.0 Å². The summed E-state index contributed by atoms with van der Waals surface area (Å²) in [6.07, 6.45) is 0.888. The quantitative estimate of drug-likeness (QED) is 0.673. The Morgan fingerprint density at radius 3 is 2.97 bits per heavy atom. The molecule has 3 atom stereocenters. The molecular formula is C21H23N5O3S. The summed E-state index contributed by atoms with van der Waals surface area (Å²) in [5.74, 6) is 1.27. The molecule has 1 saturated heterocycles. The van der Waals surface area contributed by atoms with Gasteiger partial charge in [0.25, 0.3) is 5.56 Å². The van der Waals surface area contributed by atoms with Gasteiger partial charge < -0.3 is 9.73 Å². The van der Waals surface area contributed by atoms with Gasteiger partial charge in [0.1, 0.15) is 6.04 Å². The standard InChI is InChI=1S/C21H23N5O3S/c1-13-23-24-18(29-13)11-25-9-15-7-16(10-25)20(26-17(15)3-2-4-19(26)27)21(28)22-8-14-5-6-30-12-14/h2-6,12,15-16,20H,7-11H2,1H3,(H,22,28)/t15-,16+,20-/m1/s1. The topological polar surface area (TPSA) is 93.3 Å². The molecular weight excluding hydrogens is 402 g/mol. The van der Waals surface area contributed by atoms with Crippen molar-refractivity contribution in [3.05, 3.63) is 68.4 Å². The van der Waals surface area contributed by atoms with Gasteiger partial charge in [0.2, 0.25) is 17.7 Å². The highest BCUT2D eigenvalue weighted by Crippen LogP contribution is 2.41. The first kappa shape index (κ1) is 19.2. The zero-order valence-electron chi connectivity index (χ0n) is 16.7. The van der Waals surface area contributed by atoms with Crippen LogP contribution in [0.2, 0.25) is 0 Å². The van der Waals surface area contributed by atoms with E-state index in [-0.39, 0.29) is 23.3 Å². The van der Waals surface area contributed by atoms with Gasteiger partial charge in [-0.25, -0.2) is 0 Å². The SMILES string of the molecule is Cc1nnc(CN2C[C@H]3C[C@@H](C2)[C@H](C(=O)NCc2ccsc2)n2c3cccc2=O)o1. The summed E-state index contributed by atoms with van der Waals surface area (Å²) in [7, 11) is 0. The predicted octanol–water partition coefficient (Wildman–Crippen LogP) is 2.08. The molecule has 0 unspecified atom stereocenters. The number of likely N-dealkylation sites (tertiary alicyclic amines) is 1. The van der Waals surface area contributed by atoms with Crippen LogP contribution in [0, 0.1) is 12.8 Å². The molecule has 0 radical (unpaired) electrons. The minimum atomic E-state index is -0.518. The lowest BCUT2D eigenvalue weighted by Crippen LogP contribution is -2.53. The fraction of sp³-hybridized carbons (Fsp3) is 0.429. The zero-order chi connectivity index (χ0) is 20.7. The highest BCUT2D eigenvalue weighted by molar-refractivity contribution is 7.07. The largest absolute Gasteiger partial charge is 0.424 e. The fourth-order valence-electron chi connectivity index (χ4n) is 4.77. The maximum absolute atomic E-state index is 13.2. The number of piperidine rings is 1. The summed E-state index contributed by atoms with van der Waals surface area (Å²) in [5, 5.41) is 15.1. The van der Waals surface area contributed by atoms with E-state index in [4.69, 9.17) is 4.42 Å². The number of hydrogen-bond acceptors (Lipinski definition) is 7. The van der Waals surface area contributed by atoms with Crippen molar-refractivity contribution >= 4 is 17.2 Å². The second kappa shape index (κ2) is 7.81. The van der Waals surface area contributed by atoms with Crippen molar-refractivity contribution in [1.29, 1.82) is 0 Å². The third-order valence-corrected chi connectivity index (χ3v) is 6.70. The number of nitrogens with one attached hydrogen (secondary N) is 1. The van der Waals surface area contributed by atoms with Gasteiger partial charge in [-0.3, -0.25) is 19.1 Å². The minimum absolute atomic E-state index is 0.0443. The molecule has 156 valence electrons. The molecule has 5 rings (SSSR count). The van der Waals surface area contributed by atoms with E-state index in [9.17, 15) is 9.59 Å². The van der Waals surface area contributed by atoms with Crippen molar-refractivity contribution in [2.45, 2.75) is 38.4 Å². The Morgan fingerprint density at radius 2 is 2.20 bits per heavy atom. The Bertz CT molecular complexity index is 1110. The van der Waals surface area contributed by atoms with Crippen molar-refractivity contribution in [3.8, 4) is 0 Å². The predicted molar refractivity (Wildman–Crippen MR) is 111 cm³/mol. The van der Waals surface area contributed by atoms with Crippen molar-refractivity contribution in [3.63, 3.8) is 0 Å². The molecule has 0 spiro atoms. The molecule has 0 saturated carbocycles. The highest BCUT2D eigenvalue weighted by Gasteiger charge is 2.43. The van der Waals surface area contributed by atoms with Gasteiger partial charge in [-0.2, -0.15) is 11.3 Å². The number of thiophene rings is 1. The molecule has 5 heterocycles.